The minimum Gasteiger partial charge on any atom is -0.328 e. The predicted molar refractivity (Wildman–Crippen MR) is 28.9 cm³/mol. The van der Waals surface area contributed by atoms with Crippen LogP contribution in [0, 0.1) is 0 Å². The van der Waals surface area contributed by atoms with E-state index in [1.807, 2.05) is 0 Å². The molecular formula is C5H10F3N. The Morgan fingerprint density at radius 3 is 2.00 bits per heavy atom. The van der Waals surface area contributed by atoms with E-state index in [0.29, 0.717) is 0 Å². The van der Waals surface area contributed by atoms with Gasteiger partial charge in [0.05, 0.1) is 0 Å². The van der Waals surface area contributed by atoms with Gasteiger partial charge in [-0.25, -0.2) is 0 Å². The largest absolute Gasteiger partial charge is 0.389 e. The molecule has 0 aliphatic heterocycles. The molecule has 0 fully saturated rings. The van der Waals surface area contributed by atoms with Crippen LogP contribution in [-0.4, -0.2) is 12.2 Å². The summed E-state index contributed by atoms with van der Waals surface area (Å²) in [6.45, 7) is 1.56. The maximum atomic E-state index is 11.4. The number of rotatable bonds is 2. The lowest BCUT2D eigenvalue weighted by Gasteiger charge is -2.07. The van der Waals surface area contributed by atoms with Crippen molar-refractivity contribution < 1.29 is 13.2 Å². The quantitative estimate of drug-likeness (QED) is 0.622. The molecule has 4 heteroatoms. The van der Waals surface area contributed by atoms with Gasteiger partial charge in [-0.15, -0.1) is 0 Å². The number of hydrogen-bond donors (Lipinski definition) is 1. The van der Waals surface area contributed by atoms with Gasteiger partial charge in [0.2, 0.25) is 0 Å². The van der Waals surface area contributed by atoms with Crippen molar-refractivity contribution in [2.75, 3.05) is 0 Å². The third-order valence-corrected chi connectivity index (χ3v) is 0.883. The van der Waals surface area contributed by atoms with Crippen molar-refractivity contribution in [2.24, 2.45) is 5.73 Å². The van der Waals surface area contributed by atoms with Crippen LogP contribution >= 0.6 is 0 Å². The zero-order valence-corrected chi connectivity index (χ0v) is 5.20. The first-order valence-corrected chi connectivity index (χ1v) is 2.74. The van der Waals surface area contributed by atoms with Crippen molar-refractivity contribution in [1.82, 2.24) is 0 Å². The smallest absolute Gasteiger partial charge is 0.328 e. The molecule has 0 saturated heterocycles. The summed E-state index contributed by atoms with van der Waals surface area (Å²) in [4.78, 5) is 0. The predicted octanol–water partition coefficient (Wildman–Crippen LogP) is 1.68. The van der Waals surface area contributed by atoms with Gasteiger partial charge in [-0.3, -0.25) is 0 Å². The number of nitrogens with two attached hydrogens (primary N) is 1. The van der Waals surface area contributed by atoms with Crippen LogP contribution in [0.5, 0.6) is 0 Å². The second-order valence-electron chi connectivity index (χ2n) is 2.13. The van der Waals surface area contributed by atoms with Gasteiger partial charge in [-0.1, -0.05) is 0 Å². The minimum atomic E-state index is -4.05. The van der Waals surface area contributed by atoms with Crippen molar-refractivity contribution in [3.05, 3.63) is 0 Å². The third kappa shape index (κ3) is 7.75. The first-order valence-electron chi connectivity index (χ1n) is 2.74. The fourth-order valence-electron chi connectivity index (χ4n) is 0.391. The molecule has 56 valence electrons. The summed E-state index contributed by atoms with van der Waals surface area (Å²) in [7, 11) is 0. The summed E-state index contributed by atoms with van der Waals surface area (Å²) in [6, 6.07) is -0.355. The highest BCUT2D eigenvalue weighted by molar-refractivity contribution is 4.57. The van der Waals surface area contributed by atoms with Gasteiger partial charge in [-0.05, 0) is 13.3 Å². The Labute approximate surface area is 52.0 Å². The number of hydrogen-bond acceptors (Lipinski definition) is 1. The maximum absolute atomic E-state index is 11.4. The molecule has 0 spiro atoms. The van der Waals surface area contributed by atoms with E-state index < -0.39 is 12.6 Å². The highest BCUT2D eigenvalue weighted by atomic mass is 19.4. The molecule has 0 bridgehead atoms. The average Bonchev–Trinajstić information content (AvgIpc) is 1.59. The minimum absolute atomic E-state index is 0.0174. The van der Waals surface area contributed by atoms with Crippen LogP contribution in [0.4, 0.5) is 13.2 Å². The topological polar surface area (TPSA) is 26.0 Å². The molecular weight excluding hydrogens is 131 g/mol. The van der Waals surface area contributed by atoms with Crippen LogP contribution in [0.15, 0.2) is 0 Å². The average molecular weight is 141 g/mol. The maximum Gasteiger partial charge on any atom is 0.389 e. The fraction of sp³-hybridized carbons (Fsp3) is 1.00. The molecule has 0 rings (SSSR count). The normalized spacial score (nSPS) is 15.7. The van der Waals surface area contributed by atoms with E-state index in [1.165, 1.54) is 0 Å². The highest BCUT2D eigenvalue weighted by Gasteiger charge is 2.26. The summed E-state index contributed by atoms with van der Waals surface area (Å²) in [5.74, 6) is 0. The van der Waals surface area contributed by atoms with Gasteiger partial charge >= 0.3 is 6.18 Å². The van der Waals surface area contributed by atoms with Crippen molar-refractivity contribution in [1.29, 1.82) is 0 Å². The van der Waals surface area contributed by atoms with E-state index in [4.69, 9.17) is 5.73 Å². The van der Waals surface area contributed by atoms with Crippen LogP contribution in [-0.2, 0) is 0 Å². The molecule has 0 aromatic carbocycles. The van der Waals surface area contributed by atoms with Crippen molar-refractivity contribution >= 4 is 0 Å². The highest BCUT2D eigenvalue weighted by Crippen LogP contribution is 2.21. The van der Waals surface area contributed by atoms with Crippen LogP contribution in [0.3, 0.4) is 0 Å². The van der Waals surface area contributed by atoms with E-state index in [2.05, 4.69) is 0 Å². The van der Waals surface area contributed by atoms with Crippen molar-refractivity contribution in [3.8, 4) is 0 Å². The van der Waals surface area contributed by atoms with Gasteiger partial charge in [0.25, 0.3) is 0 Å². The monoisotopic (exact) mass is 141 g/mol. The molecule has 0 aromatic rings. The second-order valence-corrected chi connectivity index (χ2v) is 2.13. The van der Waals surface area contributed by atoms with E-state index >= 15 is 0 Å². The summed E-state index contributed by atoms with van der Waals surface area (Å²) < 4.78 is 34.1. The molecule has 0 amide bonds. The molecule has 2 N–H and O–H groups in total. The van der Waals surface area contributed by atoms with Gasteiger partial charge in [0, 0.05) is 12.5 Å². The Morgan fingerprint density at radius 1 is 1.44 bits per heavy atom. The van der Waals surface area contributed by atoms with E-state index in [9.17, 15) is 13.2 Å². The molecule has 0 unspecified atom stereocenters. The molecule has 9 heavy (non-hydrogen) atoms. The van der Waals surface area contributed by atoms with Crippen molar-refractivity contribution in [2.45, 2.75) is 32.0 Å². The van der Waals surface area contributed by atoms with Gasteiger partial charge < -0.3 is 5.73 Å². The molecule has 1 nitrogen and oxygen atoms in total. The summed E-state index contributed by atoms with van der Waals surface area (Å²) in [6.07, 6.45) is -4.80. The molecule has 0 saturated carbocycles. The first kappa shape index (κ1) is 8.75. The van der Waals surface area contributed by atoms with Gasteiger partial charge in [0.1, 0.15) is 0 Å². The first-order chi connectivity index (χ1) is 3.92. The van der Waals surface area contributed by atoms with Gasteiger partial charge in [0.15, 0.2) is 0 Å². The lowest BCUT2D eigenvalue weighted by atomic mass is 10.2. The SMILES string of the molecule is C[C@H](N)CCC(F)(F)F. The van der Waals surface area contributed by atoms with E-state index in [-0.39, 0.29) is 12.5 Å². The number of halogens is 3. The van der Waals surface area contributed by atoms with Crippen LogP contribution < -0.4 is 5.73 Å². The molecule has 1 atom stereocenters. The molecule has 0 aliphatic carbocycles. The Bertz CT molecular complexity index is 76.8. The zero-order chi connectivity index (χ0) is 7.49. The molecule has 0 heterocycles. The summed E-state index contributed by atoms with van der Waals surface area (Å²) >= 11 is 0. The summed E-state index contributed by atoms with van der Waals surface area (Å²) in [5, 5.41) is 0. The standard InChI is InChI=1S/C5H10F3N/c1-4(9)2-3-5(6,7)8/h4H,2-3,9H2,1H3/t4-/m0/s1. The Balaban J connectivity index is 3.28. The Morgan fingerprint density at radius 2 is 1.89 bits per heavy atom. The van der Waals surface area contributed by atoms with Crippen LogP contribution in [0.1, 0.15) is 19.8 Å². The van der Waals surface area contributed by atoms with E-state index in [0.717, 1.165) is 0 Å². The number of alkyl halides is 3. The zero-order valence-electron chi connectivity index (χ0n) is 5.20. The lowest BCUT2D eigenvalue weighted by Crippen LogP contribution is -2.18. The summed E-state index contributed by atoms with van der Waals surface area (Å²) in [5.41, 5.74) is 5.10. The van der Waals surface area contributed by atoms with Crippen LogP contribution in [0.25, 0.3) is 0 Å². The molecule has 0 aliphatic rings. The van der Waals surface area contributed by atoms with Gasteiger partial charge in [-0.2, -0.15) is 13.2 Å². The van der Waals surface area contributed by atoms with Crippen molar-refractivity contribution in [3.63, 3.8) is 0 Å². The molecule has 0 radical (unpaired) electrons. The third-order valence-electron chi connectivity index (χ3n) is 0.883. The Kier molecular flexibility index (Phi) is 2.97. The molecule has 0 aromatic heterocycles. The Hall–Kier alpha value is -0.250. The van der Waals surface area contributed by atoms with Crippen LogP contribution in [0.2, 0.25) is 0 Å². The second kappa shape index (κ2) is 3.06. The fourth-order valence-corrected chi connectivity index (χ4v) is 0.391. The van der Waals surface area contributed by atoms with E-state index in [1.54, 1.807) is 6.92 Å². The lowest BCUT2D eigenvalue weighted by molar-refractivity contribution is -0.136.